The Kier molecular flexibility index (Phi) is 5.20. The van der Waals surface area contributed by atoms with Crippen LogP contribution in [0.5, 0.6) is 5.75 Å². The number of amides is 2. The molecule has 20 heavy (non-hydrogen) atoms. The summed E-state index contributed by atoms with van der Waals surface area (Å²) in [5.41, 5.74) is 0.932. The fourth-order valence-corrected chi connectivity index (χ4v) is 1.59. The smallest absolute Gasteiger partial charge is 0.317 e. The van der Waals surface area contributed by atoms with E-state index in [2.05, 4.69) is 15.6 Å². The van der Waals surface area contributed by atoms with Gasteiger partial charge < -0.3 is 15.4 Å². The Morgan fingerprint density at radius 2 is 2.00 bits per heavy atom. The molecule has 104 valence electrons. The van der Waals surface area contributed by atoms with Crippen LogP contribution < -0.4 is 15.4 Å². The fourth-order valence-electron chi connectivity index (χ4n) is 1.46. The Bertz CT molecular complexity index is 546. The third-order valence-electron chi connectivity index (χ3n) is 2.46. The average molecular weight is 292 g/mol. The number of benzene rings is 1. The zero-order valence-corrected chi connectivity index (χ0v) is 11.4. The van der Waals surface area contributed by atoms with Crippen LogP contribution in [-0.4, -0.2) is 17.7 Å². The van der Waals surface area contributed by atoms with E-state index in [9.17, 15) is 4.79 Å². The first-order valence-corrected chi connectivity index (χ1v) is 6.41. The van der Waals surface area contributed by atoms with E-state index in [1.165, 1.54) is 0 Å². The molecule has 2 N–H and O–H groups in total. The highest BCUT2D eigenvalue weighted by Gasteiger charge is 2.00. The molecule has 1 aromatic heterocycles. The lowest BCUT2D eigenvalue weighted by Gasteiger charge is -2.09. The predicted octanol–water partition coefficient (Wildman–Crippen LogP) is 2.57. The number of pyridine rings is 1. The van der Waals surface area contributed by atoms with E-state index < -0.39 is 0 Å². The number of halogens is 1. The van der Waals surface area contributed by atoms with Gasteiger partial charge in [0, 0.05) is 24.0 Å². The van der Waals surface area contributed by atoms with Crippen LogP contribution in [0.15, 0.2) is 48.8 Å². The Morgan fingerprint density at radius 1 is 1.20 bits per heavy atom. The van der Waals surface area contributed by atoms with E-state index in [1.807, 2.05) is 12.1 Å². The van der Waals surface area contributed by atoms with Crippen LogP contribution in [-0.2, 0) is 6.54 Å². The number of hydrogen-bond acceptors (Lipinski definition) is 3. The molecule has 1 aromatic carbocycles. The van der Waals surface area contributed by atoms with Gasteiger partial charge in [0.2, 0.25) is 0 Å². The van der Waals surface area contributed by atoms with Gasteiger partial charge in [-0.3, -0.25) is 4.98 Å². The minimum absolute atomic E-state index is 0.0838. The molecule has 2 aromatic rings. The highest BCUT2D eigenvalue weighted by molar-refractivity contribution is 6.30. The molecule has 0 unspecified atom stereocenters. The van der Waals surface area contributed by atoms with Crippen molar-refractivity contribution in [2.75, 3.05) is 6.73 Å². The Labute approximate surface area is 121 Å². The molecule has 0 aliphatic rings. The van der Waals surface area contributed by atoms with E-state index in [-0.39, 0.29) is 12.8 Å². The van der Waals surface area contributed by atoms with E-state index in [0.717, 1.165) is 5.56 Å². The summed E-state index contributed by atoms with van der Waals surface area (Å²) in [4.78, 5) is 15.5. The van der Waals surface area contributed by atoms with Crippen molar-refractivity contribution in [3.63, 3.8) is 0 Å². The van der Waals surface area contributed by atoms with Crippen LogP contribution in [0.4, 0.5) is 4.79 Å². The molecule has 0 radical (unpaired) electrons. The Morgan fingerprint density at radius 3 is 2.70 bits per heavy atom. The van der Waals surface area contributed by atoms with Crippen LogP contribution >= 0.6 is 11.6 Å². The van der Waals surface area contributed by atoms with Crippen molar-refractivity contribution in [2.24, 2.45) is 0 Å². The van der Waals surface area contributed by atoms with Crippen molar-refractivity contribution < 1.29 is 9.53 Å². The highest BCUT2D eigenvalue weighted by atomic mass is 35.5. The standard InChI is InChI=1S/C14H14ClN3O2/c15-12-3-5-13(6-4-12)20-10-18-14(19)17-9-11-2-1-7-16-8-11/h1-8H,9-10H2,(H2,17,18,19). The lowest BCUT2D eigenvalue weighted by molar-refractivity contribution is 0.223. The molecular weight excluding hydrogens is 278 g/mol. The van der Waals surface area contributed by atoms with Crippen molar-refractivity contribution in [1.29, 1.82) is 0 Å². The van der Waals surface area contributed by atoms with Crippen molar-refractivity contribution in [3.05, 3.63) is 59.4 Å². The van der Waals surface area contributed by atoms with Gasteiger partial charge in [0.25, 0.3) is 0 Å². The number of nitrogens with one attached hydrogen (secondary N) is 2. The van der Waals surface area contributed by atoms with Gasteiger partial charge >= 0.3 is 6.03 Å². The summed E-state index contributed by atoms with van der Waals surface area (Å²) in [5.74, 6) is 0.641. The van der Waals surface area contributed by atoms with E-state index in [0.29, 0.717) is 17.3 Å². The van der Waals surface area contributed by atoms with Gasteiger partial charge in [0.1, 0.15) is 5.75 Å². The van der Waals surface area contributed by atoms with Gasteiger partial charge in [0.15, 0.2) is 6.73 Å². The first-order valence-electron chi connectivity index (χ1n) is 6.03. The molecular formula is C14H14ClN3O2. The van der Waals surface area contributed by atoms with Crippen LogP contribution in [0.1, 0.15) is 5.56 Å². The topological polar surface area (TPSA) is 63.2 Å². The molecule has 2 amide bonds. The average Bonchev–Trinajstić information content (AvgIpc) is 2.48. The normalized spacial score (nSPS) is 9.85. The second-order valence-electron chi connectivity index (χ2n) is 3.96. The molecule has 0 atom stereocenters. The van der Waals surface area contributed by atoms with E-state index in [4.69, 9.17) is 16.3 Å². The minimum atomic E-state index is -0.303. The second-order valence-corrected chi connectivity index (χ2v) is 4.40. The van der Waals surface area contributed by atoms with Gasteiger partial charge in [-0.1, -0.05) is 17.7 Å². The SMILES string of the molecule is O=C(NCOc1ccc(Cl)cc1)NCc1cccnc1. The van der Waals surface area contributed by atoms with Gasteiger partial charge in [-0.15, -0.1) is 0 Å². The lowest BCUT2D eigenvalue weighted by atomic mass is 10.3. The molecule has 0 spiro atoms. The summed E-state index contributed by atoms with van der Waals surface area (Å²) in [6.07, 6.45) is 3.38. The molecule has 0 aliphatic heterocycles. The summed E-state index contributed by atoms with van der Waals surface area (Å²) in [6, 6.07) is 10.3. The number of rotatable bonds is 5. The third kappa shape index (κ3) is 4.78. The quantitative estimate of drug-likeness (QED) is 0.832. The fraction of sp³-hybridized carbons (Fsp3) is 0.143. The third-order valence-corrected chi connectivity index (χ3v) is 2.71. The predicted molar refractivity (Wildman–Crippen MR) is 76.6 cm³/mol. The number of aromatic nitrogens is 1. The van der Waals surface area contributed by atoms with Crippen molar-refractivity contribution in [2.45, 2.75) is 6.54 Å². The van der Waals surface area contributed by atoms with Gasteiger partial charge in [0.05, 0.1) is 0 Å². The first kappa shape index (κ1) is 14.1. The molecule has 5 nitrogen and oxygen atoms in total. The zero-order chi connectivity index (χ0) is 14.2. The number of nitrogens with zero attached hydrogens (tertiary/aromatic N) is 1. The van der Waals surface area contributed by atoms with Crippen LogP contribution in [0.3, 0.4) is 0 Å². The van der Waals surface area contributed by atoms with E-state index >= 15 is 0 Å². The van der Waals surface area contributed by atoms with Gasteiger partial charge in [-0.25, -0.2) is 4.79 Å². The summed E-state index contributed by atoms with van der Waals surface area (Å²) >= 11 is 5.76. The van der Waals surface area contributed by atoms with Crippen LogP contribution in [0.2, 0.25) is 5.02 Å². The van der Waals surface area contributed by atoms with Crippen LogP contribution in [0.25, 0.3) is 0 Å². The summed E-state index contributed by atoms with van der Waals surface area (Å²) in [7, 11) is 0. The molecule has 2 rings (SSSR count). The summed E-state index contributed by atoms with van der Waals surface area (Å²) in [6.45, 7) is 0.501. The molecule has 0 bridgehead atoms. The van der Waals surface area contributed by atoms with Crippen molar-refractivity contribution in [3.8, 4) is 5.75 Å². The summed E-state index contributed by atoms with van der Waals surface area (Å²) in [5, 5.41) is 5.93. The van der Waals surface area contributed by atoms with Gasteiger partial charge in [-0.05, 0) is 35.9 Å². The number of ether oxygens (including phenoxy) is 1. The Hall–Kier alpha value is -2.27. The molecule has 0 saturated carbocycles. The maximum absolute atomic E-state index is 11.5. The molecule has 0 fully saturated rings. The van der Waals surface area contributed by atoms with E-state index in [1.54, 1.807) is 36.7 Å². The van der Waals surface area contributed by atoms with Crippen molar-refractivity contribution in [1.82, 2.24) is 15.6 Å². The largest absolute Gasteiger partial charge is 0.473 e. The van der Waals surface area contributed by atoms with Gasteiger partial charge in [-0.2, -0.15) is 0 Å². The maximum atomic E-state index is 11.5. The lowest BCUT2D eigenvalue weighted by Crippen LogP contribution is -2.37. The van der Waals surface area contributed by atoms with Crippen LogP contribution in [0, 0.1) is 0 Å². The number of carbonyl (C=O) groups excluding carboxylic acids is 1. The van der Waals surface area contributed by atoms with Crippen molar-refractivity contribution >= 4 is 17.6 Å². The zero-order valence-electron chi connectivity index (χ0n) is 10.7. The highest BCUT2D eigenvalue weighted by Crippen LogP contribution is 2.14. The molecule has 1 heterocycles. The maximum Gasteiger partial charge on any atom is 0.317 e. The summed E-state index contributed by atoms with van der Waals surface area (Å²) < 4.78 is 5.34. The second kappa shape index (κ2) is 7.35. The molecule has 6 heteroatoms. The Balaban J connectivity index is 1.66. The molecule has 0 saturated heterocycles. The molecule has 0 aliphatic carbocycles. The number of urea groups is 1. The first-order chi connectivity index (χ1) is 9.74. The minimum Gasteiger partial charge on any atom is -0.473 e. The number of hydrogen-bond donors (Lipinski definition) is 2. The number of carbonyl (C=O) groups is 1. The monoisotopic (exact) mass is 291 g/mol.